The van der Waals surface area contributed by atoms with Gasteiger partial charge in [-0.15, -0.1) is 0 Å². The van der Waals surface area contributed by atoms with Gasteiger partial charge in [0.15, 0.2) is 0 Å². The Morgan fingerprint density at radius 3 is 1.38 bits per heavy atom. The lowest BCUT2D eigenvalue weighted by Gasteiger charge is -1.97. The minimum atomic E-state index is -1.25. The molecular weight excluding hydrogens is 403 g/mol. The van der Waals surface area contributed by atoms with E-state index in [4.69, 9.17) is 10.0 Å². The van der Waals surface area contributed by atoms with Crippen LogP contribution in [0.2, 0.25) is 0 Å². The molecule has 0 amide bonds. The maximum Gasteiger partial charge on any atom is 0.484 e. The molecule has 90 valence electrons. The third kappa shape index (κ3) is 4.65. The van der Waals surface area contributed by atoms with Gasteiger partial charge in [0.1, 0.15) is 0 Å². The van der Waals surface area contributed by atoms with Crippen LogP contribution in [0.3, 0.4) is 0 Å². The molecule has 0 aliphatic heterocycles. The van der Waals surface area contributed by atoms with Gasteiger partial charge in [-0.3, -0.25) is 0 Å². The topological polar surface area (TPSA) is 40.5 Å². The smallest absolute Gasteiger partial charge is 0.423 e. The molecule has 0 heterocycles. The molecule has 6 heteroatoms. The van der Waals surface area contributed by atoms with Gasteiger partial charge in [0.25, 0.3) is 0 Å². The highest BCUT2D eigenvalue weighted by Crippen LogP contribution is 2.33. The Morgan fingerprint density at radius 2 is 1.19 bits per heavy atom. The number of hydrogen-bond donors (Lipinski definition) is 2. The predicted octanol–water partition coefficient (Wildman–Crippen LogP) is 4.00. The van der Waals surface area contributed by atoms with Gasteiger partial charge in [0.2, 0.25) is 0 Å². The summed E-state index contributed by atoms with van der Waals surface area (Å²) in [7, 11) is -1.25. The van der Waals surface area contributed by atoms with Crippen molar-refractivity contribution in [2.24, 2.45) is 0 Å². The average molecular weight is 417 g/mol. The molecule has 0 aromatic heterocycles. The molecule has 0 unspecified atom stereocenters. The second-order valence-electron chi connectivity index (χ2n) is 3.82. The first-order chi connectivity index (χ1) is 7.52. The molecule has 2 rings (SSSR count). The van der Waals surface area contributed by atoms with Crippen LogP contribution in [-0.4, -0.2) is 17.2 Å². The number of hydrogen-bond acceptors (Lipinski definition) is 2. The fourth-order valence-corrected chi connectivity index (χ4v) is 3.31. The third-order valence-electron chi connectivity index (χ3n) is 2.59. The van der Waals surface area contributed by atoms with Gasteiger partial charge in [-0.25, -0.2) is 0 Å². The van der Waals surface area contributed by atoms with E-state index >= 15 is 0 Å². The maximum atomic E-state index is 8.69. The van der Waals surface area contributed by atoms with Crippen LogP contribution in [-0.2, 0) is 0 Å². The van der Waals surface area contributed by atoms with Crippen LogP contribution < -0.4 is 0 Å². The highest BCUT2D eigenvalue weighted by atomic mass is 79.9. The Morgan fingerprint density at radius 1 is 0.750 bits per heavy atom. The monoisotopic (exact) mass is 414 g/mol. The predicted molar refractivity (Wildman–Crippen MR) is 78.7 cm³/mol. The molecule has 16 heavy (non-hydrogen) atoms. The molecule has 0 saturated carbocycles. The molecule has 0 fully saturated rings. The fraction of sp³-hybridized carbons (Fsp3) is 0.600. The molecule has 0 radical (unpaired) electrons. The zero-order valence-electron chi connectivity index (χ0n) is 8.85. The first kappa shape index (κ1) is 15.0. The van der Waals surface area contributed by atoms with Gasteiger partial charge in [-0.1, -0.05) is 47.8 Å². The average Bonchev–Trinajstić information content (AvgIpc) is 2.78. The van der Waals surface area contributed by atoms with Crippen molar-refractivity contribution in [1.29, 1.82) is 0 Å². The first-order valence-electron chi connectivity index (χ1n) is 5.29. The van der Waals surface area contributed by atoms with E-state index in [9.17, 15) is 0 Å². The Hall–Kier alpha value is 0.905. The maximum absolute atomic E-state index is 8.69. The third-order valence-corrected chi connectivity index (χ3v) is 5.78. The summed E-state index contributed by atoms with van der Waals surface area (Å²) in [5, 5.41) is 17.4. The summed E-state index contributed by atoms with van der Waals surface area (Å²) in [5.74, 6) is 0. The minimum Gasteiger partial charge on any atom is -0.423 e. The van der Waals surface area contributed by atoms with E-state index in [-0.39, 0.29) is 0 Å². The van der Waals surface area contributed by atoms with Crippen molar-refractivity contribution in [3.63, 3.8) is 0 Å². The van der Waals surface area contributed by atoms with Crippen LogP contribution in [0.4, 0.5) is 0 Å². The standard InChI is InChI=1S/C5H8BBrO2.C5H6Br2/c7-5-3-1-2-4(5)6(8)9;6-4-2-1-3-5(4)7/h8-9H,1-3H2;1-3H2. The fourth-order valence-electron chi connectivity index (χ4n) is 1.67. The Bertz CT molecular complexity index is 301. The van der Waals surface area contributed by atoms with Crippen LogP contribution in [0, 0.1) is 0 Å². The van der Waals surface area contributed by atoms with Crippen LogP contribution in [0.5, 0.6) is 0 Å². The molecule has 0 aromatic carbocycles. The minimum absolute atomic E-state index is 0.745. The Balaban J connectivity index is 0.000000165. The summed E-state index contributed by atoms with van der Waals surface area (Å²) in [5.41, 5.74) is 0.745. The van der Waals surface area contributed by atoms with E-state index in [1.165, 1.54) is 28.2 Å². The molecule has 0 spiro atoms. The molecule has 2 aliphatic carbocycles. The Labute approximate surface area is 122 Å². The molecule has 0 bridgehead atoms. The lowest BCUT2D eigenvalue weighted by atomic mass is 9.79. The SMILES string of the molecule is BrC1=C(Br)CCC1.OB(O)C1=C(Br)CCC1. The summed E-state index contributed by atoms with van der Waals surface area (Å²) in [6.07, 6.45) is 6.56. The lowest BCUT2D eigenvalue weighted by molar-refractivity contribution is 0.417. The van der Waals surface area contributed by atoms with Gasteiger partial charge in [-0.2, -0.15) is 0 Å². The molecule has 2 aliphatic rings. The molecule has 0 atom stereocenters. The van der Waals surface area contributed by atoms with Gasteiger partial charge in [-0.05, 0) is 48.5 Å². The van der Waals surface area contributed by atoms with E-state index in [0.717, 1.165) is 29.2 Å². The van der Waals surface area contributed by atoms with Crippen molar-refractivity contribution < 1.29 is 10.0 Å². The quantitative estimate of drug-likeness (QED) is 0.634. The Kier molecular flexibility index (Phi) is 6.89. The van der Waals surface area contributed by atoms with Gasteiger partial charge < -0.3 is 10.0 Å². The molecular formula is C10H14BBr3O2. The van der Waals surface area contributed by atoms with Crippen LogP contribution in [0.1, 0.15) is 38.5 Å². The number of rotatable bonds is 1. The van der Waals surface area contributed by atoms with E-state index < -0.39 is 7.12 Å². The van der Waals surface area contributed by atoms with Crippen molar-refractivity contribution in [3.05, 3.63) is 18.9 Å². The zero-order chi connectivity index (χ0) is 12.1. The van der Waals surface area contributed by atoms with E-state index in [2.05, 4.69) is 47.8 Å². The summed E-state index contributed by atoms with van der Waals surface area (Å²) < 4.78 is 3.68. The zero-order valence-corrected chi connectivity index (χ0v) is 13.6. The van der Waals surface area contributed by atoms with Gasteiger partial charge >= 0.3 is 7.12 Å². The van der Waals surface area contributed by atoms with Crippen LogP contribution in [0.15, 0.2) is 18.9 Å². The highest BCUT2D eigenvalue weighted by Gasteiger charge is 2.22. The second kappa shape index (κ2) is 7.36. The summed E-state index contributed by atoms with van der Waals surface area (Å²) >= 11 is 10.1. The molecule has 0 aromatic rings. The van der Waals surface area contributed by atoms with Crippen LogP contribution in [0.25, 0.3) is 0 Å². The van der Waals surface area contributed by atoms with Crippen molar-refractivity contribution in [3.8, 4) is 0 Å². The van der Waals surface area contributed by atoms with Gasteiger partial charge in [0, 0.05) is 8.96 Å². The normalized spacial score (nSPS) is 20.1. The number of allylic oxidation sites excluding steroid dienone is 4. The summed E-state index contributed by atoms with van der Waals surface area (Å²) in [6.45, 7) is 0. The van der Waals surface area contributed by atoms with Crippen molar-refractivity contribution in [2.45, 2.75) is 38.5 Å². The van der Waals surface area contributed by atoms with Crippen molar-refractivity contribution in [1.82, 2.24) is 0 Å². The van der Waals surface area contributed by atoms with Crippen molar-refractivity contribution >= 4 is 54.9 Å². The largest absolute Gasteiger partial charge is 0.484 e. The summed E-state index contributed by atoms with van der Waals surface area (Å²) in [4.78, 5) is 0. The molecule has 2 nitrogen and oxygen atoms in total. The first-order valence-corrected chi connectivity index (χ1v) is 7.67. The molecule has 2 N–H and O–H groups in total. The summed E-state index contributed by atoms with van der Waals surface area (Å²) in [6, 6.07) is 0. The number of halogens is 3. The van der Waals surface area contributed by atoms with E-state index in [0.29, 0.717) is 0 Å². The van der Waals surface area contributed by atoms with Crippen molar-refractivity contribution in [2.75, 3.05) is 0 Å². The van der Waals surface area contributed by atoms with E-state index in [1.54, 1.807) is 0 Å². The molecule has 0 saturated heterocycles. The van der Waals surface area contributed by atoms with Crippen LogP contribution >= 0.6 is 47.8 Å². The van der Waals surface area contributed by atoms with Gasteiger partial charge in [0.05, 0.1) is 0 Å². The lowest BCUT2D eigenvalue weighted by Crippen LogP contribution is -2.14. The highest BCUT2D eigenvalue weighted by molar-refractivity contribution is 9.14. The second-order valence-corrected chi connectivity index (χ2v) is 6.69. The van der Waals surface area contributed by atoms with E-state index in [1.807, 2.05) is 0 Å².